The molecule has 0 aliphatic rings. The van der Waals surface area contributed by atoms with Gasteiger partial charge in [0.2, 0.25) is 0 Å². The van der Waals surface area contributed by atoms with E-state index in [2.05, 4.69) is 103 Å². The van der Waals surface area contributed by atoms with Crippen LogP contribution in [-0.4, -0.2) is 5.11 Å². The highest BCUT2D eigenvalue weighted by atomic mass is 16.3. The lowest BCUT2D eigenvalue weighted by Gasteiger charge is -2.24. The lowest BCUT2D eigenvalue weighted by molar-refractivity contribution is 0.469. The molecule has 0 bridgehead atoms. The van der Waals surface area contributed by atoms with Crippen molar-refractivity contribution in [2.24, 2.45) is 0 Å². The van der Waals surface area contributed by atoms with E-state index in [0.29, 0.717) is 11.1 Å². The first-order valence-electron chi connectivity index (χ1n) is 16.0. The van der Waals surface area contributed by atoms with Gasteiger partial charge in [0.1, 0.15) is 5.75 Å². The molecule has 1 nitrogen and oxygen atoms in total. The summed E-state index contributed by atoms with van der Waals surface area (Å²) in [5, 5.41) is 28.7. The number of terminal acetylenes is 2. The first kappa shape index (κ1) is 26.5. The van der Waals surface area contributed by atoms with Crippen LogP contribution in [0.4, 0.5) is 0 Å². The molecule has 10 rings (SSSR count). The summed E-state index contributed by atoms with van der Waals surface area (Å²) in [6.07, 6.45) is 11.6. The van der Waals surface area contributed by atoms with Crippen LogP contribution in [0.1, 0.15) is 33.7 Å². The maximum Gasteiger partial charge on any atom is 0.121 e. The molecular weight excluding hydrogens is 581 g/mol. The molecule has 0 radical (unpaired) electrons. The maximum absolute atomic E-state index is 11.7. The number of fused-ring (bicyclic) bond motifs is 1. The Morgan fingerprint density at radius 1 is 0.458 bits per heavy atom. The molecule has 1 N–H and O–H groups in total. The molecule has 0 amide bonds. The fourth-order valence-electron chi connectivity index (χ4n) is 8.17. The molecule has 10 aromatic rings. The van der Waals surface area contributed by atoms with Crippen molar-refractivity contribution in [3.63, 3.8) is 0 Å². The number of phenols is 1. The van der Waals surface area contributed by atoms with E-state index in [0.717, 1.165) is 38.2 Å². The molecule has 0 fully saturated rings. The van der Waals surface area contributed by atoms with E-state index in [1.54, 1.807) is 6.07 Å². The van der Waals surface area contributed by atoms with Gasteiger partial charge in [-0.05, 0) is 111 Å². The van der Waals surface area contributed by atoms with Crippen LogP contribution in [0.3, 0.4) is 0 Å². The van der Waals surface area contributed by atoms with Gasteiger partial charge in [-0.3, -0.25) is 0 Å². The molecule has 0 aliphatic carbocycles. The topological polar surface area (TPSA) is 20.2 Å². The number of phenolic OH excluding ortho intramolecular Hbond substituents is 1. The summed E-state index contributed by atoms with van der Waals surface area (Å²) >= 11 is 0. The minimum absolute atomic E-state index is 0.212. The predicted molar refractivity (Wildman–Crippen MR) is 202 cm³/mol. The fourth-order valence-corrected chi connectivity index (χ4v) is 8.17. The fraction of sp³-hybridized carbons (Fsp3) is 0.0213. The Kier molecular flexibility index (Phi) is 5.32. The van der Waals surface area contributed by atoms with Crippen molar-refractivity contribution in [3.8, 4) is 42.3 Å². The second-order valence-electron chi connectivity index (χ2n) is 12.7. The van der Waals surface area contributed by atoms with Crippen LogP contribution in [0.25, 0.3) is 75.4 Å². The van der Waals surface area contributed by atoms with Gasteiger partial charge in [-0.2, -0.15) is 0 Å². The third kappa shape index (κ3) is 3.55. The SMILES string of the molecule is C#Cc1cc(C#C)cc(C#CC(c2c(O)ccc3ccccc23)c2cc3ccc4ccc5ccc6ccc7ccc2c2c7c6c5c4c32)c1. The molecule has 0 aromatic heterocycles. The van der Waals surface area contributed by atoms with Crippen LogP contribution in [-0.2, 0) is 0 Å². The van der Waals surface area contributed by atoms with Crippen LogP contribution in [0.15, 0.2) is 121 Å². The normalized spacial score (nSPS) is 12.4. The number of hydrogen-bond acceptors (Lipinski definition) is 1. The Morgan fingerprint density at radius 3 is 1.58 bits per heavy atom. The lowest BCUT2D eigenvalue weighted by Crippen LogP contribution is -2.03. The Hall–Kier alpha value is -6.72. The van der Waals surface area contributed by atoms with Gasteiger partial charge in [0.25, 0.3) is 0 Å². The third-order valence-electron chi connectivity index (χ3n) is 10.2. The van der Waals surface area contributed by atoms with Crippen molar-refractivity contribution < 1.29 is 5.11 Å². The van der Waals surface area contributed by atoms with E-state index in [-0.39, 0.29) is 5.75 Å². The maximum atomic E-state index is 11.7. The van der Waals surface area contributed by atoms with Gasteiger partial charge in [0.05, 0.1) is 5.92 Å². The number of hydrogen-bond donors (Lipinski definition) is 1. The number of aromatic hydroxyl groups is 1. The molecule has 218 valence electrons. The van der Waals surface area contributed by atoms with Crippen molar-refractivity contribution in [3.05, 3.63) is 149 Å². The Morgan fingerprint density at radius 2 is 0.958 bits per heavy atom. The molecule has 0 spiro atoms. The van der Waals surface area contributed by atoms with Crippen LogP contribution in [0, 0.1) is 36.5 Å². The summed E-state index contributed by atoms with van der Waals surface area (Å²) < 4.78 is 0. The highest BCUT2D eigenvalue weighted by Crippen LogP contribution is 2.50. The van der Waals surface area contributed by atoms with Crippen molar-refractivity contribution in [1.29, 1.82) is 0 Å². The van der Waals surface area contributed by atoms with Crippen molar-refractivity contribution >= 4 is 75.4 Å². The van der Waals surface area contributed by atoms with E-state index in [4.69, 9.17) is 12.8 Å². The molecule has 1 heteroatoms. The highest BCUT2D eigenvalue weighted by Gasteiger charge is 2.26. The zero-order valence-electron chi connectivity index (χ0n) is 25.7. The highest BCUT2D eigenvalue weighted by molar-refractivity contribution is 6.44. The summed E-state index contributed by atoms with van der Waals surface area (Å²) in [4.78, 5) is 0. The van der Waals surface area contributed by atoms with Gasteiger partial charge in [0, 0.05) is 22.3 Å². The first-order valence-corrected chi connectivity index (χ1v) is 16.0. The second-order valence-corrected chi connectivity index (χ2v) is 12.7. The number of rotatable bonds is 2. The molecular formula is C47H24O. The van der Waals surface area contributed by atoms with Crippen molar-refractivity contribution in [1.82, 2.24) is 0 Å². The lowest BCUT2D eigenvalue weighted by atomic mass is 9.78. The quantitative estimate of drug-likeness (QED) is 0.118. The van der Waals surface area contributed by atoms with Crippen LogP contribution in [0.5, 0.6) is 5.75 Å². The van der Waals surface area contributed by atoms with Gasteiger partial charge in [-0.15, -0.1) is 12.8 Å². The predicted octanol–water partition coefficient (Wildman–Crippen LogP) is 10.9. The number of benzene rings is 10. The summed E-state index contributed by atoms with van der Waals surface area (Å²) in [6, 6.07) is 42.3. The summed E-state index contributed by atoms with van der Waals surface area (Å²) in [6.45, 7) is 0. The molecule has 1 unspecified atom stereocenters. The average molecular weight is 605 g/mol. The Bertz CT molecular complexity index is 3010. The van der Waals surface area contributed by atoms with E-state index in [9.17, 15) is 5.11 Å². The summed E-state index contributed by atoms with van der Waals surface area (Å²) in [5.41, 5.74) is 3.94. The first-order chi connectivity index (χ1) is 23.6. The minimum Gasteiger partial charge on any atom is -0.508 e. The van der Waals surface area contributed by atoms with Crippen molar-refractivity contribution in [2.75, 3.05) is 0 Å². The minimum atomic E-state index is -0.468. The molecule has 10 aromatic carbocycles. The molecule has 48 heavy (non-hydrogen) atoms. The van der Waals surface area contributed by atoms with Gasteiger partial charge >= 0.3 is 0 Å². The summed E-state index contributed by atoms with van der Waals surface area (Å²) in [5.74, 6) is 12.2. The van der Waals surface area contributed by atoms with Crippen LogP contribution >= 0.6 is 0 Å². The standard InChI is InChI=1S/C47H24O/c1-3-27-23-28(4-2)25-29(24-27)9-20-37(46-36-8-6-5-7-30(36)19-22-40(46)48)39-26-35-17-16-33-13-11-31-10-12-32-14-15-34-18-21-38(39)47-44(34)42(32)41(31)43(33)45(35)47/h1-2,5-8,10-19,21-26,37,48H. The van der Waals surface area contributed by atoms with Crippen LogP contribution < -0.4 is 0 Å². The van der Waals surface area contributed by atoms with Gasteiger partial charge < -0.3 is 5.11 Å². The zero-order chi connectivity index (χ0) is 32.1. The molecule has 0 saturated carbocycles. The van der Waals surface area contributed by atoms with E-state index >= 15 is 0 Å². The Balaban J connectivity index is 1.38. The van der Waals surface area contributed by atoms with Gasteiger partial charge in [-0.25, -0.2) is 0 Å². The second kappa shape index (κ2) is 9.64. The monoisotopic (exact) mass is 604 g/mol. The van der Waals surface area contributed by atoms with E-state index in [1.807, 2.05) is 36.4 Å². The van der Waals surface area contributed by atoms with Gasteiger partial charge in [0.15, 0.2) is 0 Å². The summed E-state index contributed by atoms with van der Waals surface area (Å²) in [7, 11) is 0. The van der Waals surface area contributed by atoms with E-state index in [1.165, 1.54) is 53.9 Å². The van der Waals surface area contributed by atoms with Crippen molar-refractivity contribution in [2.45, 2.75) is 5.92 Å². The average Bonchev–Trinajstić information content (AvgIpc) is 3.14. The molecule has 0 saturated heterocycles. The molecule has 0 aliphatic heterocycles. The smallest absolute Gasteiger partial charge is 0.121 e. The third-order valence-corrected chi connectivity index (χ3v) is 10.2. The van der Waals surface area contributed by atoms with Crippen LogP contribution in [0.2, 0.25) is 0 Å². The largest absolute Gasteiger partial charge is 0.508 e. The zero-order valence-corrected chi connectivity index (χ0v) is 25.7. The Labute approximate surface area is 277 Å². The molecule has 0 heterocycles. The van der Waals surface area contributed by atoms with E-state index < -0.39 is 5.92 Å². The molecule has 1 atom stereocenters. The van der Waals surface area contributed by atoms with Gasteiger partial charge in [-0.1, -0.05) is 115 Å².